The largest absolute Gasteiger partial charge is 0.384 e. The highest BCUT2D eigenvalue weighted by Gasteiger charge is 2.24. The van der Waals surface area contributed by atoms with E-state index in [1.807, 2.05) is 6.92 Å². The number of hydrogen-bond donors (Lipinski definition) is 1. The van der Waals surface area contributed by atoms with Gasteiger partial charge in [0, 0.05) is 43.5 Å². The van der Waals surface area contributed by atoms with Crippen molar-refractivity contribution in [2.45, 2.75) is 20.3 Å². The molecule has 8 heteroatoms. The maximum atomic E-state index is 15.1. The SMILES string of the molecule is CCc1ncnc(-c2ccc(C(=O)N3CCN(CC)CC3)c(F)c2)c1C#Cc1ccc(N)nc1. The number of aryl methyl sites for hydroxylation is 1. The first-order chi connectivity index (χ1) is 16.5. The average molecular weight is 459 g/mol. The number of halogens is 1. The molecule has 0 spiro atoms. The number of anilines is 1. The summed E-state index contributed by atoms with van der Waals surface area (Å²) in [5, 5.41) is 0. The molecule has 1 aliphatic heterocycles. The van der Waals surface area contributed by atoms with Crippen LogP contribution in [0.25, 0.3) is 11.3 Å². The maximum absolute atomic E-state index is 15.1. The molecule has 1 saturated heterocycles. The predicted octanol–water partition coefficient (Wildman–Crippen LogP) is 3.00. The van der Waals surface area contributed by atoms with Crippen molar-refractivity contribution in [1.82, 2.24) is 24.8 Å². The minimum atomic E-state index is -0.571. The molecule has 2 N–H and O–H groups in total. The lowest BCUT2D eigenvalue weighted by atomic mass is 10.0. The summed E-state index contributed by atoms with van der Waals surface area (Å²) in [7, 11) is 0. The summed E-state index contributed by atoms with van der Waals surface area (Å²) in [4.78, 5) is 29.7. The molecule has 0 bridgehead atoms. The van der Waals surface area contributed by atoms with E-state index in [-0.39, 0.29) is 11.5 Å². The van der Waals surface area contributed by atoms with Crippen molar-refractivity contribution in [3.05, 3.63) is 71.1 Å². The minimum absolute atomic E-state index is 0.0686. The number of nitrogens with zero attached hydrogens (tertiary/aromatic N) is 5. The average Bonchev–Trinajstić information content (AvgIpc) is 2.87. The molecule has 1 amide bonds. The van der Waals surface area contributed by atoms with Crippen molar-refractivity contribution in [3.63, 3.8) is 0 Å². The lowest BCUT2D eigenvalue weighted by molar-refractivity contribution is 0.0639. The molecule has 1 aromatic carbocycles. The van der Waals surface area contributed by atoms with Crippen LogP contribution in [0.1, 0.15) is 41.0 Å². The van der Waals surface area contributed by atoms with Gasteiger partial charge in [-0.1, -0.05) is 31.8 Å². The van der Waals surface area contributed by atoms with Gasteiger partial charge in [-0.3, -0.25) is 4.79 Å². The second-order valence-corrected chi connectivity index (χ2v) is 8.04. The third-order valence-electron chi connectivity index (χ3n) is 5.96. The zero-order valence-corrected chi connectivity index (χ0v) is 19.4. The smallest absolute Gasteiger partial charge is 0.256 e. The lowest BCUT2D eigenvalue weighted by Gasteiger charge is -2.34. The van der Waals surface area contributed by atoms with Crippen molar-refractivity contribution in [3.8, 4) is 23.1 Å². The van der Waals surface area contributed by atoms with Crippen LogP contribution < -0.4 is 5.73 Å². The molecule has 3 aromatic rings. The zero-order valence-electron chi connectivity index (χ0n) is 19.4. The fourth-order valence-corrected chi connectivity index (χ4v) is 3.93. The summed E-state index contributed by atoms with van der Waals surface area (Å²) in [5.41, 5.74) is 8.86. The summed E-state index contributed by atoms with van der Waals surface area (Å²) in [6, 6.07) is 8.07. The molecule has 0 unspecified atom stereocenters. The van der Waals surface area contributed by atoms with Crippen molar-refractivity contribution < 1.29 is 9.18 Å². The number of aromatic nitrogens is 3. The van der Waals surface area contributed by atoms with E-state index in [0.29, 0.717) is 47.7 Å². The Balaban J connectivity index is 1.64. The van der Waals surface area contributed by atoms with Gasteiger partial charge < -0.3 is 15.5 Å². The molecule has 1 aliphatic rings. The van der Waals surface area contributed by atoms with Gasteiger partial charge in [-0.2, -0.15) is 0 Å². The van der Waals surface area contributed by atoms with Gasteiger partial charge in [-0.25, -0.2) is 19.3 Å². The second kappa shape index (κ2) is 10.4. The molecular formula is C26H27FN6O. The van der Waals surface area contributed by atoms with Crippen LogP contribution in [0.3, 0.4) is 0 Å². The number of piperazine rings is 1. The summed E-state index contributed by atoms with van der Waals surface area (Å²) in [5.74, 6) is 5.75. The van der Waals surface area contributed by atoms with Crippen molar-refractivity contribution in [1.29, 1.82) is 0 Å². The number of hydrogen-bond acceptors (Lipinski definition) is 6. The van der Waals surface area contributed by atoms with E-state index in [9.17, 15) is 4.79 Å². The van der Waals surface area contributed by atoms with Crippen LogP contribution in [0, 0.1) is 17.7 Å². The standard InChI is InChI=1S/C26H27FN6O/c1-3-23-21(8-5-18-6-10-24(28)29-16-18)25(31-17-30-23)19-7-9-20(22(27)15-19)26(34)33-13-11-32(4-2)12-14-33/h6-7,9-10,15-17H,3-4,11-14H2,1-2H3,(H2,28,29). The highest BCUT2D eigenvalue weighted by Crippen LogP contribution is 2.26. The van der Waals surface area contributed by atoms with Gasteiger partial charge in [-0.05, 0) is 37.2 Å². The van der Waals surface area contributed by atoms with Gasteiger partial charge in [0.2, 0.25) is 0 Å². The zero-order chi connectivity index (χ0) is 24.1. The molecule has 0 aliphatic carbocycles. The van der Waals surface area contributed by atoms with Gasteiger partial charge in [0.1, 0.15) is 18.0 Å². The molecule has 0 radical (unpaired) electrons. The predicted molar refractivity (Wildman–Crippen MR) is 129 cm³/mol. The molecular weight excluding hydrogens is 431 g/mol. The lowest BCUT2D eigenvalue weighted by Crippen LogP contribution is -2.48. The number of pyridine rings is 1. The molecule has 0 saturated carbocycles. The summed E-state index contributed by atoms with van der Waals surface area (Å²) < 4.78 is 15.1. The van der Waals surface area contributed by atoms with Crippen LogP contribution in [0.4, 0.5) is 10.2 Å². The van der Waals surface area contributed by atoms with Crippen LogP contribution in [-0.4, -0.2) is 63.4 Å². The van der Waals surface area contributed by atoms with Crippen LogP contribution in [0.5, 0.6) is 0 Å². The van der Waals surface area contributed by atoms with Crippen molar-refractivity contribution in [2.24, 2.45) is 0 Å². The Morgan fingerprint density at radius 2 is 1.85 bits per heavy atom. The highest BCUT2D eigenvalue weighted by molar-refractivity contribution is 5.95. The number of carbonyl (C=O) groups is 1. The molecule has 2 aromatic heterocycles. The van der Waals surface area contributed by atoms with Crippen molar-refractivity contribution >= 4 is 11.7 Å². The topological polar surface area (TPSA) is 88.2 Å². The number of likely N-dealkylation sites (N-methyl/N-ethyl adjacent to an activating group) is 1. The third-order valence-corrected chi connectivity index (χ3v) is 5.96. The van der Waals surface area contributed by atoms with Crippen LogP contribution >= 0.6 is 0 Å². The first kappa shape index (κ1) is 23.3. The highest BCUT2D eigenvalue weighted by atomic mass is 19.1. The Kier molecular flexibility index (Phi) is 7.14. The number of benzene rings is 1. The Hall–Kier alpha value is -3.83. The first-order valence-corrected chi connectivity index (χ1v) is 11.4. The fourth-order valence-electron chi connectivity index (χ4n) is 3.93. The number of nitrogen functional groups attached to an aromatic ring is 1. The van der Waals surface area contributed by atoms with Gasteiger partial charge in [0.15, 0.2) is 0 Å². The summed E-state index contributed by atoms with van der Waals surface area (Å²) in [6.45, 7) is 7.81. The quantitative estimate of drug-likeness (QED) is 0.605. The third kappa shape index (κ3) is 5.05. The second-order valence-electron chi connectivity index (χ2n) is 8.04. The van der Waals surface area contributed by atoms with Crippen LogP contribution in [0.2, 0.25) is 0 Å². The summed E-state index contributed by atoms with van der Waals surface area (Å²) in [6.07, 6.45) is 3.69. The fraction of sp³-hybridized carbons (Fsp3) is 0.308. The number of amides is 1. The van der Waals surface area contributed by atoms with E-state index in [2.05, 4.69) is 38.6 Å². The van der Waals surface area contributed by atoms with Gasteiger partial charge in [0.25, 0.3) is 5.91 Å². The van der Waals surface area contributed by atoms with Gasteiger partial charge >= 0.3 is 0 Å². The molecule has 0 atom stereocenters. The Bertz CT molecular complexity index is 1240. The monoisotopic (exact) mass is 458 g/mol. The number of carbonyl (C=O) groups excluding carboxylic acids is 1. The van der Waals surface area contributed by atoms with Gasteiger partial charge in [-0.15, -0.1) is 0 Å². The Morgan fingerprint density at radius 3 is 2.50 bits per heavy atom. The van der Waals surface area contributed by atoms with E-state index >= 15 is 4.39 Å². The van der Waals surface area contributed by atoms with E-state index in [0.717, 1.165) is 25.3 Å². The van der Waals surface area contributed by atoms with E-state index < -0.39 is 5.82 Å². The van der Waals surface area contributed by atoms with Crippen molar-refractivity contribution in [2.75, 3.05) is 38.5 Å². The molecule has 3 heterocycles. The maximum Gasteiger partial charge on any atom is 0.256 e. The van der Waals surface area contributed by atoms with E-state index in [4.69, 9.17) is 5.73 Å². The minimum Gasteiger partial charge on any atom is -0.384 e. The Labute approximate surface area is 198 Å². The van der Waals surface area contributed by atoms with E-state index in [1.165, 1.54) is 18.5 Å². The number of rotatable bonds is 4. The van der Waals surface area contributed by atoms with E-state index in [1.54, 1.807) is 29.3 Å². The Morgan fingerprint density at radius 1 is 1.06 bits per heavy atom. The number of nitrogens with two attached hydrogens (primary N) is 1. The molecule has 4 rings (SSSR count). The first-order valence-electron chi connectivity index (χ1n) is 11.4. The normalized spacial score (nSPS) is 13.9. The molecule has 174 valence electrons. The summed E-state index contributed by atoms with van der Waals surface area (Å²) >= 11 is 0. The van der Waals surface area contributed by atoms with Crippen LogP contribution in [0.15, 0.2) is 42.9 Å². The van der Waals surface area contributed by atoms with Gasteiger partial charge in [0.05, 0.1) is 22.5 Å². The molecule has 7 nitrogen and oxygen atoms in total. The molecule has 1 fully saturated rings. The van der Waals surface area contributed by atoms with Crippen LogP contribution in [-0.2, 0) is 6.42 Å². The molecule has 34 heavy (non-hydrogen) atoms.